The highest BCUT2D eigenvalue weighted by atomic mass is 16.4. The maximum Gasteiger partial charge on any atom is 0.0958 e. The van der Waals surface area contributed by atoms with Gasteiger partial charge in [0.1, 0.15) is 0 Å². The second-order valence-corrected chi connectivity index (χ2v) is 5.19. The van der Waals surface area contributed by atoms with Crippen molar-refractivity contribution < 1.29 is 15.6 Å². The predicted molar refractivity (Wildman–Crippen MR) is 45.2 cm³/mol. The van der Waals surface area contributed by atoms with E-state index in [1.165, 1.54) is 6.42 Å². The molecule has 0 radical (unpaired) electrons. The van der Waals surface area contributed by atoms with E-state index in [4.69, 9.17) is 0 Å². The van der Waals surface area contributed by atoms with Crippen LogP contribution in [0.2, 0.25) is 0 Å². The van der Waals surface area contributed by atoms with Crippen LogP contribution in [0, 0.1) is 23.2 Å². The highest BCUT2D eigenvalue weighted by Crippen LogP contribution is 2.59. The average molecular weight is 183 g/mol. The van der Waals surface area contributed by atoms with Gasteiger partial charge >= 0.3 is 0 Å². The minimum atomic E-state index is -0.898. The lowest BCUT2D eigenvalue weighted by Gasteiger charge is -2.60. The number of rotatable bonds is 1. The van der Waals surface area contributed by atoms with Crippen molar-refractivity contribution in [3.63, 3.8) is 0 Å². The van der Waals surface area contributed by atoms with Gasteiger partial charge in [0, 0.05) is 5.92 Å². The molecular weight excluding hydrogens is 166 g/mol. The van der Waals surface area contributed by atoms with E-state index >= 15 is 0 Å². The molecule has 0 aromatic carbocycles. The molecule has 3 aliphatic rings. The lowest BCUT2D eigenvalue weighted by molar-refractivity contribution is -0.478. The molecule has 3 rings (SSSR count). The number of carboxylic acid groups (broad SMARTS) is 1. The van der Waals surface area contributed by atoms with Crippen molar-refractivity contribution in [1.29, 1.82) is 0 Å². The van der Waals surface area contributed by atoms with Gasteiger partial charge in [0.15, 0.2) is 0 Å². The minimum absolute atomic E-state index is 0.0602. The van der Waals surface area contributed by atoms with Crippen LogP contribution in [0.4, 0.5) is 0 Å². The van der Waals surface area contributed by atoms with Crippen molar-refractivity contribution in [3.8, 4) is 0 Å². The van der Waals surface area contributed by atoms with Crippen LogP contribution in [0.1, 0.15) is 26.7 Å². The Morgan fingerprint density at radius 2 is 2.08 bits per heavy atom. The molecule has 74 valence electrons. The van der Waals surface area contributed by atoms with Gasteiger partial charge in [-0.2, -0.15) is 0 Å². The molecule has 0 aromatic rings. The summed E-state index contributed by atoms with van der Waals surface area (Å²) in [6.45, 7) is 4.46. The summed E-state index contributed by atoms with van der Waals surface area (Å²) in [4.78, 5) is 10.8. The first-order chi connectivity index (χ1) is 5.94. The Hall–Kier alpha value is -0.570. The van der Waals surface area contributed by atoms with Gasteiger partial charge in [0.2, 0.25) is 0 Å². The number of fused-ring (bicyclic) bond motifs is 2. The Labute approximate surface area is 78.3 Å². The van der Waals surface area contributed by atoms with Crippen molar-refractivity contribution >= 4 is 5.97 Å². The van der Waals surface area contributed by atoms with Gasteiger partial charge in [-0.3, -0.25) is 0 Å². The first-order valence-electron chi connectivity index (χ1n) is 4.98. The van der Waals surface area contributed by atoms with Crippen LogP contribution in [0.15, 0.2) is 0 Å². The molecule has 3 nitrogen and oxygen atoms in total. The number of carboxylic acids is 1. The standard InChI is InChI=1S/C10H17NO2/c1-10(2)5-3-6(9(12)13)8(11)7(10)4-5/h5-8H,3-4,11H2,1-2H3,(H,12,13)/t5-,6-,7-,8-/m0/s1. The summed E-state index contributed by atoms with van der Waals surface area (Å²) < 4.78 is 0. The van der Waals surface area contributed by atoms with E-state index in [2.05, 4.69) is 19.6 Å². The van der Waals surface area contributed by atoms with Crippen LogP contribution >= 0.6 is 0 Å². The second-order valence-electron chi connectivity index (χ2n) is 5.19. The summed E-state index contributed by atoms with van der Waals surface area (Å²) in [5, 5.41) is 10.8. The first-order valence-corrected chi connectivity index (χ1v) is 4.98. The molecule has 0 aromatic heterocycles. The molecule has 3 aliphatic carbocycles. The van der Waals surface area contributed by atoms with Crippen molar-refractivity contribution in [2.75, 3.05) is 0 Å². The van der Waals surface area contributed by atoms with Gasteiger partial charge < -0.3 is 15.6 Å². The number of quaternary nitrogens is 1. The van der Waals surface area contributed by atoms with E-state index in [-0.39, 0.29) is 12.0 Å². The lowest BCUT2D eigenvalue weighted by atomic mass is 9.45. The molecular formula is C10H17NO2. The molecule has 3 saturated carbocycles. The molecule has 4 atom stereocenters. The van der Waals surface area contributed by atoms with E-state index in [0.29, 0.717) is 17.3 Å². The average Bonchev–Trinajstić information content (AvgIpc) is 2.02. The normalized spacial score (nSPS) is 46.7. The minimum Gasteiger partial charge on any atom is -0.550 e. The summed E-state index contributed by atoms with van der Waals surface area (Å²) in [6.07, 6.45) is 1.95. The third-order valence-corrected chi connectivity index (χ3v) is 4.42. The van der Waals surface area contributed by atoms with Gasteiger partial charge in [-0.05, 0) is 24.2 Å². The summed E-state index contributed by atoms with van der Waals surface area (Å²) in [6, 6.07) is 0.0602. The fraction of sp³-hybridized carbons (Fsp3) is 0.900. The Bertz CT molecular complexity index is 249. The number of hydrogen-bond acceptors (Lipinski definition) is 2. The van der Waals surface area contributed by atoms with Crippen LogP contribution < -0.4 is 10.8 Å². The third-order valence-electron chi connectivity index (χ3n) is 4.42. The van der Waals surface area contributed by atoms with Crippen molar-refractivity contribution in [2.45, 2.75) is 32.7 Å². The van der Waals surface area contributed by atoms with Crippen LogP contribution in [0.25, 0.3) is 0 Å². The lowest BCUT2D eigenvalue weighted by Crippen LogP contribution is -2.78. The zero-order chi connectivity index (χ0) is 9.80. The highest BCUT2D eigenvalue weighted by Gasteiger charge is 2.58. The number of carbonyl (C=O) groups is 1. The molecule has 0 spiro atoms. The summed E-state index contributed by atoms with van der Waals surface area (Å²) in [7, 11) is 0. The maximum atomic E-state index is 10.8. The zero-order valence-corrected chi connectivity index (χ0v) is 8.25. The zero-order valence-electron chi connectivity index (χ0n) is 8.25. The SMILES string of the molecule is CC1(C)[C@H]2C[C@H](C(=O)[O-])[C@H]([NH3+])[C@@H]1C2. The highest BCUT2D eigenvalue weighted by molar-refractivity contribution is 5.69. The molecule has 0 amide bonds. The fourth-order valence-electron chi connectivity index (χ4n) is 3.22. The number of carbonyl (C=O) groups excluding carboxylic acids is 1. The molecule has 0 heterocycles. The van der Waals surface area contributed by atoms with Crippen LogP contribution in [0.3, 0.4) is 0 Å². The molecule has 3 N–H and O–H groups in total. The molecule has 13 heavy (non-hydrogen) atoms. The van der Waals surface area contributed by atoms with Crippen molar-refractivity contribution in [1.82, 2.24) is 0 Å². The predicted octanol–water partition coefficient (Wildman–Crippen LogP) is -0.971. The number of hydrogen-bond donors (Lipinski definition) is 1. The van der Waals surface area contributed by atoms with Crippen molar-refractivity contribution in [2.24, 2.45) is 23.2 Å². The Morgan fingerprint density at radius 3 is 2.46 bits per heavy atom. The monoisotopic (exact) mass is 183 g/mol. The third kappa shape index (κ3) is 1.03. The summed E-state index contributed by atoms with van der Waals surface area (Å²) >= 11 is 0. The maximum absolute atomic E-state index is 10.8. The Kier molecular flexibility index (Phi) is 1.71. The fourth-order valence-corrected chi connectivity index (χ4v) is 3.22. The van der Waals surface area contributed by atoms with Gasteiger partial charge in [-0.1, -0.05) is 13.8 Å². The van der Waals surface area contributed by atoms with Gasteiger partial charge in [0.05, 0.1) is 17.9 Å². The van der Waals surface area contributed by atoms with E-state index in [9.17, 15) is 9.90 Å². The van der Waals surface area contributed by atoms with Crippen LogP contribution in [0.5, 0.6) is 0 Å². The van der Waals surface area contributed by atoms with Gasteiger partial charge in [-0.25, -0.2) is 0 Å². The largest absolute Gasteiger partial charge is 0.550 e. The first kappa shape index (κ1) is 9.00. The van der Waals surface area contributed by atoms with E-state index in [1.807, 2.05) is 0 Å². The van der Waals surface area contributed by atoms with Gasteiger partial charge in [0.25, 0.3) is 0 Å². The molecule has 3 fully saturated rings. The Balaban J connectivity index is 2.16. The van der Waals surface area contributed by atoms with E-state index in [0.717, 1.165) is 6.42 Å². The van der Waals surface area contributed by atoms with Crippen LogP contribution in [-0.4, -0.2) is 12.0 Å². The number of aliphatic carboxylic acids is 1. The molecule has 0 unspecified atom stereocenters. The molecule has 3 heteroatoms. The van der Waals surface area contributed by atoms with E-state index < -0.39 is 5.97 Å². The summed E-state index contributed by atoms with van der Waals surface area (Å²) in [5.41, 5.74) is 4.31. The van der Waals surface area contributed by atoms with E-state index in [1.54, 1.807) is 0 Å². The molecule has 2 bridgehead atoms. The van der Waals surface area contributed by atoms with Gasteiger partial charge in [-0.15, -0.1) is 0 Å². The Morgan fingerprint density at radius 1 is 1.46 bits per heavy atom. The summed E-state index contributed by atoms with van der Waals surface area (Å²) in [5.74, 6) is -0.116. The quantitative estimate of drug-likeness (QED) is 0.568. The smallest absolute Gasteiger partial charge is 0.0958 e. The second kappa shape index (κ2) is 2.47. The van der Waals surface area contributed by atoms with Crippen molar-refractivity contribution in [3.05, 3.63) is 0 Å². The molecule has 0 saturated heterocycles. The van der Waals surface area contributed by atoms with Crippen LogP contribution in [-0.2, 0) is 4.79 Å². The topological polar surface area (TPSA) is 67.8 Å². The molecule has 0 aliphatic heterocycles.